The number of benzene rings is 1. The van der Waals surface area contributed by atoms with Gasteiger partial charge in [0.1, 0.15) is 12.3 Å². The second kappa shape index (κ2) is 7.96. The number of nitrogen functional groups attached to an aromatic ring is 2. The predicted molar refractivity (Wildman–Crippen MR) is 98.2 cm³/mol. The Balaban J connectivity index is 2.12. The van der Waals surface area contributed by atoms with Crippen LogP contribution in [0.3, 0.4) is 0 Å². The van der Waals surface area contributed by atoms with Gasteiger partial charge in [0.2, 0.25) is 5.91 Å². The Bertz CT molecular complexity index is 730. The molecule has 1 aromatic rings. The normalized spacial score (nSPS) is 12.9. The number of carbonyl (C=O) groups excluding carboxylic acids is 1. The molecule has 0 heterocycles. The van der Waals surface area contributed by atoms with E-state index in [1.807, 2.05) is 6.92 Å². The standard InChI is InChI=1S/C17H21N5O2/c1-3-20-17(23)10-21-11-4-6-12(7-5-11)22-15-9-16(24-2)14(19)8-13(15)18/h4-9H,3,10,18-19H2,1-2H3,(H,20,23). The van der Waals surface area contributed by atoms with Crippen molar-refractivity contribution in [2.45, 2.75) is 6.92 Å². The van der Waals surface area contributed by atoms with Crippen LogP contribution in [0.4, 0.5) is 17.1 Å². The number of methoxy groups -OCH3 is 1. The minimum Gasteiger partial charge on any atom is -0.495 e. The van der Waals surface area contributed by atoms with Crippen LogP contribution < -0.4 is 21.5 Å². The molecule has 126 valence electrons. The van der Waals surface area contributed by atoms with Crippen LogP contribution in [-0.4, -0.2) is 37.5 Å². The molecule has 24 heavy (non-hydrogen) atoms. The molecule has 0 saturated carbocycles. The highest BCUT2D eigenvalue weighted by Crippen LogP contribution is 2.33. The van der Waals surface area contributed by atoms with Crippen molar-refractivity contribution in [2.24, 2.45) is 9.98 Å². The fraction of sp³-hybridized carbons (Fsp3) is 0.235. The van der Waals surface area contributed by atoms with E-state index >= 15 is 0 Å². The third-order valence-corrected chi connectivity index (χ3v) is 3.26. The molecular weight excluding hydrogens is 306 g/mol. The van der Waals surface area contributed by atoms with E-state index < -0.39 is 0 Å². The van der Waals surface area contributed by atoms with Gasteiger partial charge in [-0.05, 0) is 37.3 Å². The first-order chi connectivity index (χ1) is 11.5. The molecule has 1 aliphatic carbocycles. The Morgan fingerprint density at radius 2 is 1.79 bits per heavy atom. The molecule has 0 radical (unpaired) electrons. The molecule has 2 rings (SSSR count). The number of hydrogen-bond acceptors (Lipinski definition) is 6. The lowest BCUT2D eigenvalue weighted by molar-refractivity contribution is -0.119. The quantitative estimate of drug-likeness (QED) is 0.563. The molecular formula is C17H21N5O2. The molecule has 0 spiro atoms. The van der Waals surface area contributed by atoms with Crippen molar-refractivity contribution in [3.63, 3.8) is 0 Å². The Hall–Kier alpha value is -3.09. The number of hydrogen-bond donors (Lipinski definition) is 3. The van der Waals surface area contributed by atoms with Crippen molar-refractivity contribution in [3.05, 3.63) is 36.4 Å². The van der Waals surface area contributed by atoms with Gasteiger partial charge < -0.3 is 21.5 Å². The fourth-order valence-electron chi connectivity index (χ4n) is 2.06. The number of ether oxygens (including phenoxy) is 1. The first kappa shape index (κ1) is 17.3. The topological polar surface area (TPSA) is 115 Å². The van der Waals surface area contributed by atoms with Crippen molar-refractivity contribution in [1.29, 1.82) is 0 Å². The highest BCUT2D eigenvalue weighted by molar-refractivity contribution is 6.19. The van der Waals surface area contributed by atoms with Crippen LogP contribution in [0.5, 0.6) is 5.75 Å². The molecule has 7 heteroatoms. The number of anilines is 2. The number of nitrogens with two attached hydrogens (primary N) is 2. The molecule has 0 bridgehead atoms. The zero-order valence-corrected chi connectivity index (χ0v) is 13.7. The van der Waals surface area contributed by atoms with Crippen molar-refractivity contribution in [1.82, 2.24) is 5.32 Å². The maximum absolute atomic E-state index is 11.4. The average Bonchev–Trinajstić information content (AvgIpc) is 2.57. The SMILES string of the molecule is CCNC(=O)CN=C1C=CC(=Nc2cc(OC)c(N)cc2N)C=C1. The molecule has 1 aromatic carbocycles. The number of rotatable bonds is 5. The summed E-state index contributed by atoms with van der Waals surface area (Å²) >= 11 is 0. The minimum atomic E-state index is -0.104. The number of allylic oxidation sites excluding steroid dienone is 4. The summed E-state index contributed by atoms with van der Waals surface area (Å²) in [5.74, 6) is 0.421. The van der Waals surface area contributed by atoms with Crippen LogP contribution in [0.15, 0.2) is 46.4 Å². The average molecular weight is 327 g/mol. The Morgan fingerprint density at radius 3 is 2.42 bits per heavy atom. The van der Waals surface area contributed by atoms with Crippen molar-refractivity contribution >= 4 is 34.4 Å². The van der Waals surface area contributed by atoms with Gasteiger partial charge in [0.05, 0.1) is 35.6 Å². The summed E-state index contributed by atoms with van der Waals surface area (Å²) in [6, 6.07) is 3.31. The number of amides is 1. The molecule has 0 atom stereocenters. The maximum atomic E-state index is 11.4. The Morgan fingerprint density at radius 1 is 1.12 bits per heavy atom. The zero-order valence-electron chi connectivity index (χ0n) is 13.7. The second-order valence-corrected chi connectivity index (χ2v) is 5.05. The lowest BCUT2D eigenvalue weighted by Gasteiger charge is -2.09. The monoisotopic (exact) mass is 327 g/mol. The van der Waals surface area contributed by atoms with E-state index in [1.54, 1.807) is 36.4 Å². The van der Waals surface area contributed by atoms with Crippen LogP contribution in [0.1, 0.15) is 6.92 Å². The van der Waals surface area contributed by atoms with Crippen LogP contribution >= 0.6 is 0 Å². The van der Waals surface area contributed by atoms with Gasteiger partial charge in [0.25, 0.3) is 0 Å². The zero-order chi connectivity index (χ0) is 17.5. The summed E-state index contributed by atoms with van der Waals surface area (Å²) in [6.45, 7) is 2.57. The van der Waals surface area contributed by atoms with E-state index in [2.05, 4.69) is 15.3 Å². The van der Waals surface area contributed by atoms with Gasteiger partial charge in [-0.3, -0.25) is 9.79 Å². The number of likely N-dealkylation sites (N-methyl/N-ethyl adjacent to an activating group) is 1. The summed E-state index contributed by atoms with van der Waals surface area (Å²) in [6.07, 6.45) is 7.20. The predicted octanol–water partition coefficient (Wildman–Crippen LogP) is 1.64. The summed E-state index contributed by atoms with van der Waals surface area (Å²) in [5.41, 5.74) is 14.7. The molecule has 0 unspecified atom stereocenters. The minimum absolute atomic E-state index is 0.104. The molecule has 1 aliphatic rings. The van der Waals surface area contributed by atoms with Crippen LogP contribution in [0, 0.1) is 0 Å². The summed E-state index contributed by atoms with van der Waals surface area (Å²) < 4.78 is 5.18. The first-order valence-electron chi connectivity index (χ1n) is 7.52. The summed E-state index contributed by atoms with van der Waals surface area (Å²) in [7, 11) is 1.54. The van der Waals surface area contributed by atoms with E-state index in [4.69, 9.17) is 16.2 Å². The van der Waals surface area contributed by atoms with Crippen LogP contribution in [-0.2, 0) is 4.79 Å². The smallest absolute Gasteiger partial charge is 0.241 e. The fourth-order valence-corrected chi connectivity index (χ4v) is 2.06. The van der Waals surface area contributed by atoms with E-state index in [0.29, 0.717) is 40.8 Å². The van der Waals surface area contributed by atoms with Gasteiger partial charge in [0, 0.05) is 12.6 Å². The molecule has 7 nitrogen and oxygen atoms in total. The molecule has 0 fully saturated rings. The Kier molecular flexibility index (Phi) is 5.73. The third-order valence-electron chi connectivity index (χ3n) is 3.26. The van der Waals surface area contributed by atoms with Crippen molar-refractivity contribution in [3.8, 4) is 5.75 Å². The number of carbonyl (C=O) groups is 1. The van der Waals surface area contributed by atoms with Gasteiger partial charge in [-0.1, -0.05) is 0 Å². The van der Waals surface area contributed by atoms with Crippen LogP contribution in [0.25, 0.3) is 0 Å². The highest BCUT2D eigenvalue weighted by atomic mass is 16.5. The van der Waals surface area contributed by atoms with Gasteiger partial charge in [-0.2, -0.15) is 0 Å². The third kappa shape index (κ3) is 4.45. The van der Waals surface area contributed by atoms with Crippen molar-refractivity contribution < 1.29 is 9.53 Å². The first-order valence-corrected chi connectivity index (χ1v) is 7.52. The van der Waals surface area contributed by atoms with E-state index in [1.165, 1.54) is 7.11 Å². The van der Waals surface area contributed by atoms with Gasteiger partial charge in [0.15, 0.2) is 0 Å². The number of aliphatic imine (C=N–C) groups is 2. The number of nitrogens with one attached hydrogen (secondary N) is 1. The lowest BCUT2D eigenvalue weighted by Crippen LogP contribution is -2.25. The summed E-state index contributed by atoms with van der Waals surface area (Å²) in [5, 5.41) is 2.69. The van der Waals surface area contributed by atoms with Gasteiger partial charge in [-0.25, -0.2) is 4.99 Å². The maximum Gasteiger partial charge on any atom is 0.241 e. The highest BCUT2D eigenvalue weighted by Gasteiger charge is 2.07. The lowest BCUT2D eigenvalue weighted by atomic mass is 10.1. The molecule has 0 saturated heterocycles. The van der Waals surface area contributed by atoms with Crippen molar-refractivity contribution in [2.75, 3.05) is 31.7 Å². The molecule has 5 N–H and O–H groups in total. The molecule has 1 amide bonds. The number of nitrogens with zero attached hydrogens (tertiary/aromatic N) is 2. The van der Waals surface area contributed by atoms with E-state index in [9.17, 15) is 4.79 Å². The largest absolute Gasteiger partial charge is 0.495 e. The Labute approximate surface area is 140 Å². The second-order valence-electron chi connectivity index (χ2n) is 5.05. The van der Waals surface area contributed by atoms with E-state index in [-0.39, 0.29) is 12.5 Å². The molecule has 0 aromatic heterocycles. The van der Waals surface area contributed by atoms with E-state index in [0.717, 1.165) is 0 Å². The van der Waals surface area contributed by atoms with Gasteiger partial charge in [-0.15, -0.1) is 0 Å². The van der Waals surface area contributed by atoms with Gasteiger partial charge >= 0.3 is 0 Å². The van der Waals surface area contributed by atoms with Crippen LogP contribution in [0.2, 0.25) is 0 Å². The summed E-state index contributed by atoms with van der Waals surface area (Å²) in [4.78, 5) is 20.1. The molecule has 0 aliphatic heterocycles.